The number of carbonyl (C=O) groups is 3. The zero-order valence-corrected chi connectivity index (χ0v) is 28.0. The van der Waals surface area contributed by atoms with Crippen LogP contribution in [0.3, 0.4) is 0 Å². The first kappa shape index (κ1) is 34.6. The molecule has 9 heteroatoms. The lowest BCUT2D eigenvalue weighted by molar-refractivity contribution is 0.0544. The van der Waals surface area contributed by atoms with Crippen LogP contribution in [-0.2, 0) is 25.9 Å². The van der Waals surface area contributed by atoms with Crippen LogP contribution in [0.15, 0.2) is 79.0 Å². The molecule has 0 radical (unpaired) electrons. The Morgan fingerprint density at radius 3 is 2.25 bits per heavy atom. The highest BCUT2D eigenvalue weighted by atomic mass is 16.4. The Morgan fingerprint density at radius 1 is 0.896 bits per heavy atom. The highest BCUT2D eigenvalue weighted by molar-refractivity contribution is 6.03. The lowest BCUT2D eigenvalue weighted by Crippen LogP contribution is -2.46. The third kappa shape index (κ3) is 8.02. The molecule has 0 unspecified atom stereocenters. The van der Waals surface area contributed by atoms with E-state index in [0.717, 1.165) is 49.7 Å². The minimum atomic E-state index is -1.15. The van der Waals surface area contributed by atoms with Crippen molar-refractivity contribution in [1.82, 2.24) is 19.4 Å². The predicted octanol–water partition coefficient (Wildman–Crippen LogP) is 6.48. The third-order valence-electron chi connectivity index (χ3n) is 9.12. The number of carboxylic acid groups (broad SMARTS) is 1. The van der Waals surface area contributed by atoms with Crippen LogP contribution >= 0.6 is 0 Å². The predicted molar refractivity (Wildman–Crippen MR) is 186 cm³/mol. The van der Waals surface area contributed by atoms with Crippen molar-refractivity contribution in [1.29, 1.82) is 0 Å². The number of aliphatic hydroxyl groups is 1. The van der Waals surface area contributed by atoms with Crippen LogP contribution in [0.1, 0.15) is 93.8 Å². The van der Waals surface area contributed by atoms with Gasteiger partial charge in [0.2, 0.25) is 0 Å². The number of fused-ring (bicyclic) bond motifs is 1. The van der Waals surface area contributed by atoms with E-state index in [2.05, 4.69) is 26.0 Å². The number of aromatic carboxylic acids is 1. The van der Waals surface area contributed by atoms with E-state index in [1.807, 2.05) is 51.9 Å². The summed E-state index contributed by atoms with van der Waals surface area (Å²) in [5.41, 5.74) is 4.17. The van der Waals surface area contributed by atoms with Crippen molar-refractivity contribution >= 4 is 17.8 Å². The Balaban J connectivity index is 1.57. The summed E-state index contributed by atoms with van der Waals surface area (Å²) in [4.78, 5) is 48.9. The molecule has 0 fully saturated rings. The molecule has 1 aliphatic heterocycles. The fraction of sp³-hybridized carbons (Fsp3) is 0.385. The van der Waals surface area contributed by atoms with Crippen molar-refractivity contribution < 1.29 is 24.6 Å². The maximum Gasteiger partial charge on any atom is 0.335 e. The van der Waals surface area contributed by atoms with Gasteiger partial charge in [-0.1, -0.05) is 81.3 Å². The van der Waals surface area contributed by atoms with E-state index in [1.54, 1.807) is 17.2 Å². The number of carbonyl (C=O) groups excluding carboxylic acids is 2. The molecule has 48 heavy (non-hydrogen) atoms. The Bertz CT molecular complexity index is 1710. The summed E-state index contributed by atoms with van der Waals surface area (Å²) in [5.74, 6) is -1.25. The summed E-state index contributed by atoms with van der Waals surface area (Å²) in [6.07, 6.45) is 7.56. The molecular formula is C39H46N4O5. The largest absolute Gasteiger partial charge is 0.478 e. The smallest absolute Gasteiger partial charge is 0.335 e. The van der Waals surface area contributed by atoms with Crippen molar-refractivity contribution in [3.63, 3.8) is 0 Å². The van der Waals surface area contributed by atoms with Crippen molar-refractivity contribution in [2.24, 2.45) is 0 Å². The minimum absolute atomic E-state index is 0.0242. The molecule has 2 heterocycles. The number of rotatable bonds is 15. The molecule has 2 N–H and O–H groups in total. The molecule has 1 aromatic heterocycles. The second-order valence-electron chi connectivity index (χ2n) is 12.5. The minimum Gasteiger partial charge on any atom is -0.478 e. The second kappa shape index (κ2) is 16.4. The zero-order valence-electron chi connectivity index (χ0n) is 28.0. The first-order chi connectivity index (χ1) is 23.3. The lowest BCUT2D eigenvalue weighted by atomic mass is 9.92. The summed E-state index contributed by atoms with van der Waals surface area (Å²) < 4.78 is 1.93. The van der Waals surface area contributed by atoms with Crippen molar-refractivity contribution in [3.05, 3.63) is 113 Å². The monoisotopic (exact) mass is 650 g/mol. The van der Waals surface area contributed by atoms with Gasteiger partial charge in [0.1, 0.15) is 11.5 Å². The van der Waals surface area contributed by atoms with Crippen LogP contribution in [0.5, 0.6) is 0 Å². The van der Waals surface area contributed by atoms with Gasteiger partial charge in [-0.25, -0.2) is 9.78 Å². The molecule has 1 aliphatic rings. The molecular weight excluding hydrogens is 604 g/mol. The van der Waals surface area contributed by atoms with Crippen LogP contribution in [0.4, 0.5) is 0 Å². The lowest BCUT2D eigenvalue weighted by Gasteiger charge is -2.36. The number of carboxylic acids is 1. The Labute approximate surface area is 282 Å². The average Bonchev–Trinajstić information content (AvgIpc) is 3.54. The summed E-state index contributed by atoms with van der Waals surface area (Å²) in [5, 5.41) is 20.3. The first-order valence-electron chi connectivity index (χ1n) is 17.1. The van der Waals surface area contributed by atoms with E-state index in [1.165, 1.54) is 17.7 Å². The number of hydrogen-bond acceptors (Lipinski definition) is 5. The number of aliphatic hydroxyl groups excluding tert-OH is 1. The quantitative estimate of drug-likeness (QED) is 0.152. The van der Waals surface area contributed by atoms with Crippen LogP contribution < -0.4 is 0 Å². The van der Waals surface area contributed by atoms with Gasteiger partial charge in [-0.15, -0.1) is 0 Å². The molecule has 0 saturated heterocycles. The first-order valence-corrected chi connectivity index (χ1v) is 17.1. The number of aromatic nitrogens is 2. The molecule has 2 amide bonds. The Morgan fingerprint density at radius 2 is 1.58 bits per heavy atom. The van der Waals surface area contributed by atoms with E-state index < -0.39 is 12.0 Å². The molecule has 0 bridgehead atoms. The van der Waals surface area contributed by atoms with Crippen LogP contribution in [0, 0.1) is 0 Å². The molecule has 0 aliphatic carbocycles. The van der Waals surface area contributed by atoms with Crippen molar-refractivity contribution in [3.8, 4) is 11.4 Å². The normalized spacial score (nSPS) is 14.1. The summed E-state index contributed by atoms with van der Waals surface area (Å²) >= 11 is 0. The van der Waals surface area contributed by atoms with E-state index in [9.17, 15) is 24.6 Å². The van der Waals surface area contributed by atoms with Gasteiger partial charge in [0.05, 0.1) is 23.8 Å². The van der Waals surface area contributed by atoms with E-state index >= 15 is 0 Å². The zero-order chi connectivity index (χ0) is 34.0. The van der Waals surface area contributed by atoms with Crippen molar-refractivity contribution in [2.45, 2.75) is 77.9 Å². The highest BCUT2D eigenvalue weighted by Gasteiger charge is 2.32. The molecule has 0 saturated carbocycles. The number of benzene rings is 3. The van der Waals surface area contributed by atoms with Gasteiger partial charge < -0.3 is 24.6 Å². The molecule has 9 nitrogen and oxygen atoms in total. The second-order valence-corrected chi connectivity index (χ2v) is 12.5. The van der Waals surface area contributed by atoms with Gasteiger partial charge in [-0.2, -0.15) is 0 Å². The van der Waals surface area contributed by atoms with Gasteiger partial charge in [0.15, 0.2) is 0 Å². The number of aryl methyl sites for hydroxylation is 2. The fourth-order valence-electron chi connectivity index (χ4n) is 6.37. The molecule has 3 aromatic carbocycles. The van der Waals surface area contributed by atoms with E-state index in [4.69, 9.17) is 4.98 Å². The van der Waals surface area contributed by atoms with Gasteiger partial charge in [-0.05, 0) is 67.0 Å². The molecule has 0 spiro atoms. The highest BCUT2D eigenvalue weighted by Crippen LogP contribution is 2.31. The van der Waals surface area contributed by atoms with E-state index in [-0.39, 0.29) is 36.1 Å². The SMILES string of the molecule is CCCCN(CCCC)C(=O)c1cn(CCCc2ccccc2)c(-c2ccc(C(=O)O)cc2C(=O)N2Cc3ccccc3C[C@H]2CO)n1. The fourth-order valence-corrected chi connectivity index (χ4v) is 6.37. The maximum absolute atomic E-state index is 14.5. The molecule has 4 aromatic rings. The summed E-state index contributed by atoms with van der Waals surface area (Å²) in [6.45, 7) is 6.08. The van der Waals surface area contributed by atoms with Crippen LogP contribution in [0.2, 0.25) is 0 Å². The standard InChI is InChI=1S/C39H46N4O5/c1-3-5-20-41(21-6-4-2)38(46)35-26-42(22-12-15-28-13-8-7-9-14-28)36(40-35)33-19-18-30(39(47)48)24-34(33)37(45)43-25-31-17-11-10-16-29(31)23-32(43)27-44/h7-11,13-14,16-19,24,26,32,44H,3-6,12,15,20-23,25,27H2,1-2H3,(H,47,48)/t32-/m0/s1. The maximum atomic E-state index is 14.5. The van der Waals surface area contributed by atoms with Crippen LogP contribution in [-0.4, -0.2) is 73.1 Å². The van der Waals surface area contributed by atoms with Crippen molar-refractivity contribution in [2.75, 3.05) is 19.7 Å². The van der Waals surface area contributed by atoms with Crippen LogP contribution in [0.25, 0.3) is 11.4 Å². The number of nitrogens with zero attached hydrogens (tertiary/aromatic N) is 4. The number of amides is 2. The Kier molecular flexibility index (Phi) is 11.8. The average molecular weight is 651 g/mol. The summed E-state index contributed by atoms with van der Waals surface area (Å²) in [7, 11) is 0. The number of imidazole rings is 1. The van der Waals surface area contributed by atoms with Gasteiger partial charge in [0.25, 0.3) is 11.8 Å². The van der Waals surface area contributed by atoms with Gasteiger partial charge in [-0.3, -0.25) is 9.59 Å². The molecule has 5 rings (SSSR count). The third-order valence-corrected chi connectivity index (χ3v) is 9.12. The number of hydrogen-bond donors (Lipinski definition) is 2. The van der Waals surface area contributed by atoms with Gasteiger partial charge >= 0.3 is 5.97 Å². The molecule has 252 valence electrons. The summed E-state index contributed by atoms with van der Waals surface area (Å²) in [6, 6.07) is 22.0. The number of unbranched alkanes of at least 4 members (excludes halogenated alkanes) is 2. The topological polar surface area (TPSA) is 116 Å². The van der Waals surface area contributed by atoms with Gasteiger partial charge in [0, 0.05) is 37.9 Å². The molecule has 1 atom stereocenters. The van der Waals surface area contributed by atoms with E-state index in [0.29, 0.717) is 43.1 Å². The Hall–Kier alpha value is -4.76.